The topological polar surface area (TPSA) is 17.1 Å². The van der Waals surface area contributed by atoms with Crippen molar-refractivity contribution in [1.29, 1.82) is 0 Å². The Balaban J connectivity index is 2.41. The number of alkyl halides is 4. The highest BCUT2D eigenvalue weighted by Gasteiger charge is 2.34. The Kier molecular flexibility index (Phi) is 4.37. The quantitative estimate of drug-likeness (QED) is 0.564. The van der Waals surface area contributed by atoms with E-state index in [1.54, 1.807) is 30.3 Å². The molecule has 2 aromatic rings. The summed E-state index contributed by atoms with van der Waals surface area (Å²) in [5.41, 5.74) is -0.364. The van der Waals surface area contributed by atoms with Crippen molar-refractivity contribution >= 4 is 17.4 Å². The third-order valence-corrected chi connectivity index (χ3v) is 3.68. The van der Waals surface area contributed by atoms with E-state index in [0.717, 1.165) is 6.07 Å². The highest BCUT2D eigenvalue weighted by atomic mass is 35.5. The molecule has 0 N–H and O–H groups in total. The average Bonchev–Trinajstić information content (AvgIpc) is 2.45. The van der Waals surface area contributed by atoms with Crippen LogP contribution in [0.2, 0.25) is 0 Å². The monoisotopic (exact) mass is 312 g/mol. The maximum atomic E-state index is 12.9. The zero-order valence-corrected chi connectivity index (χ0v) is 11.9. The molecule has 110 valence electrons. The highest BCUT2D eigenvalue weighted by Crippen LogP contribution is 2.34. The van der Waals surface area contributed by atoms with Gasteiger partial charge in [0.2, 0.25) is 0 Å². The molecule has 0 aliphatic heterocycles. The van der Waals surface area contributed by atoms with Crippen molar-refractivity contribution in [2.75, 3.05) is 0 Å². The van der Waals surface area contributed by atoms with Crippen LogP contribution in [0.15, 0.2) is 48.5 Å². The molecule has 0 bridgehead atoms. The fourth-order valence-corrected chi connectivity index (χ4v) is 2.38. The molecule has 0 saturated carbocycles. The highest BCUT2D eigenvalue weighted by molar-refractivity contribution is 6.34. The second-order valence-electron chi connectivity index (χ2n) is 4.61. The first-order valence-electron chi connectivity index (χ1n) is 6.22. The maximum Gasteiger partial charge on any atom is 0.416 e. The SMILES string of the molecule is Cc1c(C(=O)C(Cl)c2ccccc2)cccc1C(F)(F)F. The molecule has 21 heavy (non-hydrogen) atoms. The van der Waals surface area contributed by atoms with Gasteiger partial charge in [0, 0.05) is 5.56 Å². The largest absolute Gasteiger partial charge is 0.416 e. The molecule has 5 heteroatoms. The number of Topliss-reactive ketones (excluding diaryl/α,β-unsaturated/α-hetero) is 1. The summed E-state index contributed by atoms with van der Waals surface area (Å²) < 4.78 is 38.6. The van der Waals surface area contributed by atoms with E-state index >= 15 is 0 Å². The second kappa shape index (κ2) is 5.90. The van der Waals surface area contributed by atoms with Crippen LogP contribution in [-0.4, -0.2) is 5.78 Å². The fraction of sp³-hybridized carbons (Fsp3) is 0.188. The molecule has 0 aromatic heterocycles. The van der Waals surface area contributed by atoms with Crippen LogP contribution in [0.5, 0.6) is 0 Å². The molecule has 1 nitrogen and oxygen atoms in total. The lowest BCUT2D eigenvalue weighted by Gasteiger charge is -2.15. The van der Waals surface area contributed by atoms with Crippen molar-refractivity contribution < 1.29 is 18.0 Å². The fourth-order valence-electron chi connectivity index (χ4n) is 2.12. The normalized spacial score (nSPS) is 13.0. The Morgan fingerprint density at radius 3 is 2.24 bits per heavy atom. The Labute approximate surface area is 125 Å². The Hall–Kier alpha value is -1.81. The van der Waals surface area contributed by atoms with Crippen molar-refractivity contribution in [2.45, 2.75) is 18.5 Å². The number of carbonyl (C=O) groups is 1. The van der Waals surface area contributed by atoms with Gasteiger partial charge in [0.05, 0.1) is 5.56 Å². The Morgan fingerprint density at radius 1 is 1.05 bits per heavy atom. The second-order valence-corrected chi connectivity index (χ2v) is 5.05. The molecule has 0 amide bonds. The molecule has 2 aromatic carbocycles. The van der Waals surface area contributed by atoms with Crippen LogP contribution < -0.4 is 0 Å². The first-order chi connectivity index (χ1) is 9.82. The van der Waals surface area contributed by atoms with Crippen molar-refractivity contribution in [2.24, 2.45) is 0 Å². The van der Waals surface area contributed by atoms with Gasteiger partial charge >= 0.3 is 6.18 Å². The lowest BCUT2D eigenvalue weighted by Crippen LogP contribution is -2.14. The van der Waals surface area contributed by atoms with Crippen molar-refractivity contribution in [1.82, 2.24) is 0 Å². The van der Waals surface area contributed by atoms with Gasteiger partial charge in [-0.1, -0.05) is 42.5 Å². The smallest absolute Gasteiger partial charge is 0.292 e. The molecule has 0 aliphatic rings. The van der Waals surface area contributed by atoms with Gasteiger partial charge in [-0.2, -0.15) is 13.2 Å². The molecule has 0 saturated heterocycles. The van der Waals surface area contributed by atoms with Crippen molar-refractivity contribution in [3.8, 4) is 0 Å². The van der Waals surface area contributed by atoms with Crippen LogP contribution in [0.25, 0.3) is 0 Å². The molecular formula is C16H12ClF3O. The third-order valence-electron chi connectivity index (χ3n) is 3.23. The Bertz CT molecular complexity index is 650. The minimum Gasteiger partial charge on any atom is -0.292 e. The van der Waals surface area contributed by atoms with E-state index in [9.17, 15) is 18.0 Å². The molecular weight excluding hydrogens is 301 g/mol. The number of rotatable bonds is 3. The van der Waals surface area contributed by atoms with E-state index in [-0.39, 0.29) is 11.1 Å². The zero-order chi connectivity index (χ0) is 15.6. The minimum absolute atomic E-state index is 0.00585. The van der Waals surface area contributed by atoms with Gasteiger partial charge in [-0.15, -0.1) is 11.6 Å². The lowest BCUT2D eigenvalue weighted by atomic mass is 9.95. The predicted octanol–water partition coefficient (Wildman–Crippen LogP) is 5.18. The van der Waals surface area contributed by atoms with Crippen molar-refractivity contribution in [3.63, 3.8) is 0 Å². The number of hydrogen-bond acceptors (Lipinski definition) is 1. The molecule has 0 aliphatic carbocycles. The van der Waals surface area contributed by atoms with Gasteiger partial charge in [-0.05, 0) is 24.1 Å². The van der Waals surface area contributed by atoms with E-state index < -0.39 is 22.9 Å². The summed E-state index contributed by atoms with van der Waals surface area (Å²) >= 11 is 6.10. The first kappa shape index (κ1) is 15.6. The molecule has 0 heterocycles. The van der Waals surface area contributed by atoms with Crippen LogP contribution in [0.3, 0.4) is 0 Å². The molecule has 2 rings (SSSR count). The average molecular weight is 313 g/mol. The van der Waals surface area contributed by atoms with Gasteiger partial charge in [-0.25, -0.2) is 0 Å². The predicted molar refractivity (Wildman–Crippen MR) is 75.5 cm³/mol. The molecule has 0 radical (unpaired) electrons. The van der Waals surface area contributed by atoms with Gasteiger partial charge in [0.25, 0.3) is 0 Å². The van der Waals surface area contributed by atoms with Crippen LogP contribution in [0.1, 0.15) is 32.4 Å². The van der Waals surface area contributed by atoms with E-state index in [1.807, 2.05) is 0 Å². The lowest BCUT2D eigenvalue weighted by molar-refractivity contribution is -0.138. The van der Waals surface area contributed by atoms with Gasteiger partial charge in [-0.3, -0.25) is 4.79 Å². The van der Waals surface area contributed by atoms with Gasteiger partial charge in [0.1, 0.15) is 5.38 Å². The summed E-state index contributed by atoms with van der Waals surface area (Å²) in [6, 6.07) is 12.1. The maximum absolute atomic E-state index is 12.9. The zero-order valence-electron chi connectivity index (χ0n) is 11.1. The van der Waals surface area contributed by atoms with E-state index in [2.05, 4.69) is 0 Å². The summed E-state index contributed by atoms with van der Waals surface area (Å²) in [4.78, 5) is 12.3. The molecule has 0 fully saturated rings. The summed E-state index contributed by atoms with van der Waals surface area (Å²) in [5.74, 6) is -0.536. The molecule has 1 unspecified atom stereocenters. The molecule has 0 spiro atoms. The van der Waals surface area contributed by atoms with Crippen LogP contribution in [0.4, 0.5) is 13.2 Å². The summed E-state index contributed by atoms with van der Waals surface area (Å²) in [6.45, 7) is 1.28. The number of halogens is 4. The van der Waals surface area contributed by atoms with Gasteiger partial charge < -0.3 is 0 Å². The number of benzene rings is 2. The number of carbonyl (C=O) groups excluding carboxylic acids is 1. The summed E-state index contributed by atoms with van der Waals surface area (Å²) in [6.07, 6.45) is -4.49. The Morgan fingerprint density at radius 2 is 1.67 bits per heavy atom. The minimum atomic E-state index is -4.49. The number of hydrogen-bond donors (Lipinski definition) is 0. The summed E-state index contributed by atoms with van der Waals surface area (Å²) in [7, 11) is 0. The number of ketones is 1. The summed E-state index contributed by atoms with van der Waals surface area (Å²) in [5, 5.41) is -1.01. The van der Waals surface area contributed by atoms with Crippen LogP contribution >= 0.6 is 11.6 Å². The van der Waals surface area contributed by atoms with E-state index in [4.69, 9.17) is 11.6 Å². The standard InChI is InChI=1S/C16H12ClF3O/c1-10-12(8-5-9-13(10)16(18,19)20)15(21)14(17)11-6-3-2-4-7-11/h2-9,14H,1H3. The first-order valence-corrected chi connectivity index (χ1v) is 6.66. The third kappa shape index (κ3) is 3.27. The van der Waals surface area contributed by atoms with Crippen LogP contribution in [0, 0.1) is 6.92 Å². The van der Waals surface area contributed by atoms with E-state index in [0.29, 0.717) is 5.56 Å². The van der Waals surface area contributed by atoms with Gasteiger partial charge in [0.15, 0.2) is 5.78 Å². The molecule has 1 atom stereocenters. The van der Waals surface area contributed by atoms with E-state index in [1.165, 1.54) is 19.1 Å². The van der Waals surface area contributed by atoms with Crippen LogP contribution in [-0.2, 0) is 6.18 Å². The van der Waals surface area contributed by atoms with Crippen molar-refractivity contribution in [3.05, 3.63) is 70.8 Å².